The lowest BCUT2D eigenvalue weighted by atomic mass is 9.96. The first kappa shape index (κ1) is 19.6. The molecule has 2 heterocycles. The van der Waals surface area contributed by atoms with E-state index in [2.05, 4.69) is 10.3 Å². The summed E-state index contributed by atoms with van der Waals surface area (Å²) in [6, 6.07) is 13.2. The molecule has 7 nitrogen and oxygen atoms in total. The van der Waals surface area contributed by atoms with Crippen LogP contribution in [0.1, 0.15) is 28.4 Å². The average molecular weight is 402 g/mol. The molecule has 1 amide bonds. The second kappa shape index (κ2) is 8.32. The number of nitrogen functional groups attached to an aromatic ring is 1. The van der Waals surface area contributed by atoms with Crippen molar-refractivity contribution in [1.29, 1.82) is 0 Å². The first-order valence-electron chi connectivity index (χ1n) is 9.84. The molecule has 0 aliphatic carbocycles. The smallest absolute Gasteiger partial charge is 0.310 e. The number of nitrogens with zero attached hydrogens (tertiary/aromatic N) is 2. The minimum Gasteiger partial charge on any atom is -0.466 e. The first-order valence-corrected chi connectivity index (χ1v) is 9.84. The number of fused-ring (bicyclic) bond motifs is 1. The number of hydrogen-bond acceptors (Lipinski definition) is 6. The van der Waals surface area contributed by atoms with Gasteiger partial charge >= 0.3 is 5.97 Å². The summed E-state index contributed by atoms with van der Waals surface area (Å²) in [4.78, 5) is 32.7. The number of rotatable bonds is 5. The molecular formula is C23H22N4O3. The van der Waals surface area contributed by atoms with Crippen molar-refractivity contribution in [3.05, 3.63) is 65.4 Å². The summed E-state index contributed by atoms with van der Waals surface area (Å²) < 4.78 is 4.98. The largest absolute Gasteiger partial charge is 0.466 e. The summed E-state index contributed by atoms with van der Waals surface area (Å²) in [7, 11) is 0. The topological polar surface area (TPSA) is 107 Å². The van der Waals surface area contributed by atoms with Crippen LogP contribution >= 0.6 is 0 Å². The maximum Gasteiger partial charge on any atom is 0.310 e. The Labute approximate surface area is 174 Å². The molecule has 0 bridgehead atoms. The van der Waals surface area contributed by atoms with E-state index in [4.69, 9.17) is 15.5 Å². The predicted octanol–water partition coefficient (Wildman–Crippen LogP) is 2.78. The van der Waals surface area contributed by atoms with Gasteiger partial charge in [0.05, 0.1) is 24.9 Å². The van der Waals surface area contributed by atoms with Crippen LogP contribution in [0.15, 0.2) is 48.7 Å². The molecule has 0 unspecified atom stereocenters. The predicted molar refractivity (Wildman–Crippen MR) is 114 cm³/mol. The summed E-state index contributed by atoms with van der Waals surface area (Å²) in [6.07, 6.45) is 2.63. The van der Waals surface area contributed by atoms with Crippen LogP contribution in [-0.2, 0) is 22.4 Å². The fourth-order valence-corrected chi connectivity index (χ4v) is 3.50. The van der Waals surface area contributed by atoms with Gasteiger partial charge in [0, 0.05) is 23.2 Å². The maximum absolute atomic E-state index is 12.0. The third-order valence-corrected chi connectivity index (χ3v) is 5.01. The summed E-state index contributed by atoms with van der Waals surface area (Å²) in [5.74, 6) is 0.0253. The minimum absolute atomic E-state index is 0.0569. The summed E-state index contributed by atoms with van der Waals surface area (Å²) >= 11 is 0. The Morgan fingerprint density at radius 1 is 1.17 bits per heavy atom. The number of aromatic nitrogens is 2. The quantitative estimate of drug-likeness (QED) is 0.636. The minimum atomic E-state index is -0.249. The number of esters is 1. The standard InChI is InChI=1S/C23H22N4O3/c1-2-30-20(28)11-14-3-5-15(6-4-14)19-13-26-22(24)21(27-19)17-7-8-18-16(12-17)9-10-25-23(18)29/h3-8,12-13H,2,9-11H2,1H3,(H2,24,26)(H,25,29). The van der Waals surface area contributed by atoms with Crippen molar-refractivity contribution in [2.24, 2.45) is 0 Å². The number of nitrogens with two attached hydrogens (primary N) is 1. The van der Waals surface area contributed by atoms with Gasteiger partial charge in [0.15, 0.2) is 0 Å². The van der Waals surface area contributed by atoms with Gasteiger partial charge in [0.25, 0.3) is 5.91 Å². The Balaban J connectivity index is 1.62. The number of anilines is 1. The second-order valence-corrected chi connectivity index (χ2v) is 7.05. The fraction of sp³-hybridized carbons (Fsp3) is 0.217. The van der Waals surface area contributed by atoms with Crippen LogP contribution in [0.2, 0.25) is 0 Å². The van der Waals surface area contributed by atoms with Crippen LogP contribution in [0.3, 0.4) is 0 Å². The molecule has 3 N–H and O–H groups in total. The van der Waals surface area contributed by atoms with E-state index in [9.17, 15) is 9.59 Å². The van der Waals surface area contributed by atoms with E-state index in [1.54, 1.807) is 19.2 Å². The molecule has 0 saturated heterocycles. The van der Waals surface area contributed by atoms with Crippen molar-refractivity contribution in [1.82, 2.24) is 15.3 Å². The molecular weight excluding hydrogens is 380 g/mol. The van der Waals surface area contributed by atoms with Crippen LogP contribution in [0.5, 0.6) is 0 Å². The molecule has 0 spiro atoms. The SMILES string of the molecule is CCOC(=O)Cc1ccc(-c2cnc(N)c(-c3ccc4c(c3)CCNC4=O)n2)cc1. The van der Waals surface area contributed by atoms with E-state index in [1.165, 1.54) is 0 Å². The van der Waals surface area contributed by atoms with Crippen molar-refractivity contribution in [3.8, 4) is 22.5 Å². The molecule has 152 valence electrons. The number of nitrogens with one attached hydrogen (secondary N) is 1. The van der Waals surface area contributed by atoms with E-state index < -0.39 is 0 Å². The van der Waals surface area contributed by atoms with Crippen LogP contribution in [0.25, 0.3) is 22.5 Å². The highest BCUT2D eigenvalue weighted by atomic mass is 16.5. The number of amides is 1. The number of ether oxygens (including phenoxy) is 1. The molecule has 1 aliphatic rings. The Hall–Kier alpha value is -3.74. The average Bonchev–Trinajstić information content (AvgIpc) is 2.75. The Bertz CT molecular complexity index is 1110. The summed E-state index contributed by atoms with van der Waals surface area (Å²) in [5, 5.41) is 2.84. The first-order chi connectivity index (χ1) is 14.5. The van der Waals surface area contributed by atoms with Crippen LogP contribution < -0.4 is 11.1 Å². The third-order valence-electron chi connectivity index (χ3n) is 5.01. The van der Waals surface area contributed by atoms with Crippen LogP contribution in [-0.4, -0.2) is 35.0 Å². The number of carbonyl (C=O) groups excluding carboxylic acids is 2. The molecule has 0 atom stereocenters. The van der Waals surface area contributed by atoms with Gasteiger partial charge in [-0.3, -0.25) is 9.59 Å². The molecule has 1 aliphatic heterocycles. The molecule has 1 aromatic heterocycles. The maximum atomic E-state index is 12.0. The highest BCUT2D eigenvalue weighted by molar-refractivity contribution is 5.97. The highest BCUT2D eigenvalue weighted by Gasteiger charge is 2.18. The number of hydrogen-bond donors (Lipinski definition) is 2. The summed E-state index contributed by atoms with van der Waals surface area (Å²) in [5.41, 5.74) is 11.6. The normalized spacial score (nSPS) is 12.8. The zero-order valence-electron chi connectivity index (χ0n) is 16.6. The molecule has 3 aromatic rings. The second-order valence-electron chi connectivity index (χ2n) is 7.05. The van der Waals surface area contributed by atoms with Crippen molar-refractivity contribution in [2.45, 2.75) is 19.8 Å². The van der Waals surface area contributed by atoms with Crippen molar-refractivity contribution >= 4 is 17.7 Å². The zero-order valence-corrected chi connectivity index (χ0v) is 16.6. The molecule has 30 heavy (non-hydrogen) atoms. The van der Waals surface area contributed by atoms with Gasteiger partial charge in [-0.15, -0.1) is 0 Å². The van der Waals surface area contributed by atoms with E-state index in [-0.39, 0.29) is 18.3 Å². The molecule has 2 aromatic carbocycles. The van der Waals surface area contributed by atoms with Gasteiger partial charge in [-0.2, -0.15) is 0 Å². The van der Waals surface area contributed by atoms with Gasteiger partial charge in [-0.25, -0.2) is 9.97 Å². The van der Waals surface area contributed by atoms with E-state index in [0.29, 0.717) is 35.9 Å². The molecule has 0 fully saturated rings. The zero-order chi connectivity index (χ0) is 21.1. The van der Waals surface area contributed by atoms with Gasteiger partial charge in [-0.05, 0) is 36.6 Å². The van der Waals surface area contributed by atoms with Crippen molar-refractivity contribution in [3.63, 3.8) is 0 Å². The van der Waals surface area contributed by atoms with E-state index >= 15 is 0 Å². The lowest BCUT2D eigenvalue weighted by molar-refractivity contribution is -0.142. The molecule has 0 radical (unpaired) electrons. The molecule has 4 rings (SSSR count). The van der Waals surface area contributed by atoms with Crippen molar-refractivity contribution < 1.29 is 14.3 Å². The fourth-order valence-electron chi connectivity index (χ4n) is 3.50. The van der Waals surface area contributed by atoms with Crippen LogP contribution in [0, 0.1) is 0 Å². The lowest BCUT2D eigenvalue weighted by Crippen LogP contribution is -2.31. The van der Waals surface area contributed by atoms with Crippen molar-refractivity contribution in [2.75, 3.05) is 18.9 Å². The third kappa shape index (κ3) is 4.00. The Kier molecular flexibility index (Phi) is 5.43. The molecule has 0 saturated carbocycles. The van der Waals surface area contributed by atoms with Gasteiger partial charge in [0.1, 0.15) is 11.5 Å². The van der Waals surface area contributed by atoms with Gasteiger partial charge in [0.2, 0.25) is 0 Å². The molecule has 7 heteroatoms. The van der Waals surface area contributed by atoms with Gasteiger partial charge < -0.3 is 15.8 Å². The van der Waals surface area contributed by atoms with E-state index in [1.807, 2.05) is 36.4 Å². The summed E-state index contributed by atoms with van der Waals surface area (Å²) in [6.45, 7) is 2.78. The lowest BCUT2D eigenvalue weighted by Gasteiger charge is -2.17. The highest BCUT2D eigenvalue weighted by Crippen LogP contribution is 2.28. The Morgan fingerprint density at radius 2 is 1.93 bits per heavy atom. The number of carbonyl (C=O) groups is 2. The Morgan fingerprint density at radius 3 is 2.70 bits per heavy atom. The monoisotopic (exact) mass is 402 g/mol. The van der Waals surface area contributed by atoms with Crippen LogP contribution in [0.4, 0.5) is 5.82 Å². The van der Waals surface area contributed by atoms with E-state index in [0.717, 1.165) is 28.7 Å². The number of benzene rings is 2. The van der Waals surface area contributed by atoms with Gasteiger partial charge in [-0.1, -0.05) is 30.3 Å².